The Morgan fingerprint density at radius 2 is 1.29 bits per heavy atom. The van der Waals surface area contributed by atoms with Gasteiger partial charge in [-0.15, -0.1) is 6.58 Å². The van der Waals surface area contributed by atoms with E-state index in [4.69, 9.17) is 5.11 Å². The van der Waals surface area contributed by atoms with Crippen molar-refractivity contribution in [3.8, 4) is 0 Å². The number of benzene rings is 1. The molecular weight excluding hydrogens is 825 g/mol. The van der Waals surface area contributed by atoms with E-state index >= 15 is 0 Å². The van der Waals surface area contributed by atoms with E-state index in [1.165, 1.54) is 6.08 Å². The molecule has 1 saturated heterocycles. The molecule has 1 fully saturated rings. The number of nitrogens with one attached hydrogen (secondary N) is 7. The maximum absolute atomic E-state index is 14.5. The molecule has 63 heavy (non-hydrogen) atoms. The molecule has 21 nitrogen and oxygen atoms in total. The lowest BCUT2D eigenvalue weighted by atomic mass is 9.90. The number of hydrogen-bond acceptors (Lipinski definition) is 11. The Kier molecular flexibility index (Phi) is 21.1. The number of nitrogens with zero attached hydrogens (tertiary/aromatic N) is 1. The third-order valence-electron chi connectivity index (χ3n) is 9.94. The number of carbonyl (C=O) groups excluding carboxylic acids is 9. The van der Waals surface area contributed by atoms with E-state index < -0.39 is 138 Å². The fourth-order valence-electron chi connectivity index (χ4n) is 6.68. The van der Waals surface area contributed by atoms with E-state index in [-0.39, 0.29) is 25.9 Å². The maximum atomic E-state index is 14.5. The van der Waals surface area contributed by atoms with Gasteiger partial charge in [0.05, 0.1) is 12.1 Å². The summed E-state index contributed by atoms with van der Waals surface area (Å²) in [4.78, 5) is 145. The number of aliphatic carboxylic acids is 2. The van der Waals surface area contributed by atoms with Crippen molar-refractivity contribution in [2.45, 2.75) is 129 Å². The average Bonchev–Trinajstić information content (AvgIpc) is 3.54. The molecule has 0 aliphatic carbocycles. The van der Waals surface area contributed by atoms with E-state index in [0.717, 1.165) is 11.8 Å². The van der Waals surface area contributed by atoms with Gasteiger partial charge in [-0.1, -0.05) is 77.4 Å². The topological polar surface area (TPSA) is 316 Å². The third-order valence-corrected chi connectivity index (χ3v) is 9.94. The summed E-state index contributed by atoms with van der Waals surface area (Å²) in [5, 5.41) is 35.7. The number of carbonyl (C=O) groups is 11. The van der Waals surface area contributed by atoms with Crippen LogP contribution in [0.4, 0.5) is 4.79 Å². The lowest BCUT2D eigenvalue weighted by Gasteiger charge is -2.31. The number of urea groups is 1. The molecule has 2 rings (SSSR count). The van der Waals surface area contributed by atoms with Crippen LogP contribution in [0.2, 0.25) is 0 Å². The molecule has 2 unspecified atom stereocenters. The number of carboxylic acid groups (broad SMARTS) is 2. The summed E-state index contributed by atoms with van der Waals surface area (Å²) in [7, 11) is 0. The summed E-state index contributed by atoms with van der Waals surface area (Å²) in [6, 6.07) is -2.54. The van der Waals surface area contributed by atoms with Gasteiger partial charge in [0.1, 0.15) is 30.2 Å². The van der Waals surface area contributed by atoms with E-state index in [2.05, 4.69) is 43.8 Å². The summed E-state index contributed by atoms with van der Waals surface area (Å²) in [6.45, 7) is 12.5. The zero-order valence-electron chi connectivity index (χ0n) is 36.4. The van der Waals surface area contributed by atoms with Crippen molar-refractivity contribution in [3.63, 3.8) is 0 Å². The van der Waals surface area contributed by atoms with E-state index in [1.54, 1.807) is 65.0 Å². The Hall–Kier alpha value is -6.67. The largest absolute Gasteiger partial charge is 0.481 e. The first-order valence-electron chi connectivity index (χ1n) is 20.6. The lowest BCUT2D eigenvalue weighted by molar-refractivity contribution is -0.141. The molecule has 0 saturated carbocycles. The van der Waals surface area contributed by atoms with Crippen molar-refractivity contribution in [3.05, 3.63) is 48.6 Å². The number of Topliss-reactive ketones (excluding diaryl/α,β-unsaturated/α-hetero) is 2. The van der Waals surface area contributed by atoms with Gasteiger partial charge in [-0.25, -0.2) is 4.79 Å². The minimum atomic E-state index is -1.60. The molecule has 21 heteroatoms. The van der Waals surface area contributed by atoms with E-state index in [1.807, 2.05) is 0 Å². The predicted octanol–water partition coefficient (Wildman–Crippen LogP) is -0.325. The summed E-state index contributed by atoms with van der Waals surface area (Å²) >= 11 is 0. The molecule has 1 heterocycles. The Morgan fingerprint density at radius 1 is 0.746 bits per heavy atom. The second-order valence-electron chi connectivity index (χ2n) is 15.7. The number of amides is 8. The Morgan fingerprint density at radius 3 is 1.79 bits per heavy atom. The van der Waals surface area contributed by atoms with Crippen molar-refractivity contribution < 1.29 is 63.0 Å². The SMILES string of the molecule is C=CCNC(=O)C(=O)C(CCC)NC(=O)[C@H]1C(C(=O)[C@@H](NC(=O)[C@@H](NC(=O)[C@H](CCC(=O)O)NC(=O)[C@H](CCC(=O)O)NC(C)=O)C(C)C)C(C)C)NC(=O)N1Cc1ccccc1. The van der Waals surface area contributed by atoms with Gasteiger partial charge in [0.15, 0.2) is 5.78 Å². The van der Waals surface area contributed by atoms with Crippen LogP contribution in [-0.4, -0.2) is 129 Å². The zero-order valence-corrected chi connectivity index (χ0v) is 36.4. The molecule has 0 aromatic heterocycles. The number of hydrogen-bond donors (Lipinski definition) is 9. The van der Waals surface area contributed by atoms with Crippen molar-refractivity contribution in [1.82, 2.24) is 42.1 Å². The van der Waals surface area contributed by atoms with E-state index in [9.17, 15) is 57.8 Å². The van der Waals surface area contributed by atoms with Gasteiger partial charge >= 0.3 is 18.0 Å². The minimum Gasteiger partial charge on any atom is -0.481 e. The number of rotatable bonds is 27. The fraction of sp³-hybridized carbons (Fsp3) is 0.548. The minimum absolute atomic E-state index is 0.0120. The second-order valence-corrected chi connectivity index (χ2v) is 15.7. The molecule has 7 atom stereocenters. The van der Waals surface area contributed by atoms with Gasteiger partial charge in [-0.3, -0.25) is 47.9 Å². The number of ketones is 2. The monoisotopic (exact) mass is 884 g/mol. The Labute approximate surface area is 365 Å². The molecule has 8 amide bonds. The van der Waals surface area contributed by atoms with Crippen LogP contribution < -0.4 is 37.2 Å². The highest BCUT2D eigenvalue weighted by atomic mass is 16.4. The number of carboxylic acids is 2. The van der Waals surface area contributed by atoms with Crippen LogP contribution in [0.5, 0.6) is 0 Å². The lowest BCUT2D eigenvalue weighted by Crippen LogP contribution is -2.62. The van der Waals surface area contributed by atoms with Gasteiger partial charge in [0.25, 0.3) is 5.91 Å². The van der Waals surface area contributed by atoms with Crippen LogP contribution >= 0.6 is 0 Å². The van der Waals surface area contributed by atoms with Crippen LogP contribution in [0.1, 0.15) is 85.6 Å². The van der Waals surface area contributed by atoms with Crippen molar-refractivity contribution >= 4 is 65.0 Å². The van der Waals surface area contributed by atoms with Crippen LogP contribution in [0.15, 0.2) is 43.0 Å². The van der Waals surface area contributed by atoms with Crippen LogP contribution in [-0.2, 0) is 54.5 Å². The molecule has 0 spiro atoms. The Balaban J connectivity index is 2.47. The highest BCUT2D eigenvalue weighted by molar-refractivity contribution is 6.38. The highest BCUT2D eigenvalue weighted by Gasteiger charge is 2.50. The van der Waals surface area contributed by atoms with Crippen LogP contribution in [0.25, 0.3) is 0 Å². The quantitative estimate of drug-likeness (QED) is 0.0405. The van der Waals surface area contributed by atoms with Gasteiger partial charge in [0.2, 0.25) is 35.3 Å². The zero-order chi connectivity index (χ0) is 47.6. The van der Waals surface area contributed by atoms with Crippen LogP contribution in [0, 0.1) is 11.8 Å². The van der Waals surface area contributed by atoms with Gasteiger partial charge in [-0.05, 0) is 36.7 Å². The van der Waals surface area contributed by atoms with E-state index in [0.29, 0.717) is 12.0 Å². The van der Waals surface area contributed by atoms with Crippen molar-refractivity contribution in [1.29, 1.82) is 0 Å². The summed E-state index contributed by atoms with van der Waals surface area (Å²) in [6.07, 6.45) is -0.167. The third kappa shape index (κ3) is 16.3. The standard InChI is InChI=1S/C42H60N8O13/c1-8-13-26(35(56)41(62)43-20-9-2)45-40(61)34-33(49-42(63)50(34)21-25-14-11-10-12-15-25)36(57)31(22(3)4)47-39(60)32(23(5)6)48-38(59)28(17-19-30(54)55)46-37(58)27(44-24(7)51)16-18-29(52)53/h9-12,14-15,22-23,26-28,31-34H,2,8,13,16-21H2,1,3-7H3,(H,43,62)(H,44,51)(H,45,61)(H,46,58)(H,47,60)(H,48,59)(H,49,63)(H,52,53)(H,54,55)/t26?,27-,28-,31-,32-,33?,34+/m0/s1. The van der Waals surface area contributed by atoms with Gasteiger partial charge in [0, 0.05) is 32.9 Å². The smallest absolute Gasteiger partial charge is 0.319 e. The fourth-order valence-corrected chi connectivity index (χ4v) is 6.68. The normalized spacial score (nSPS) is 16.9. The first-order chi connectivity index (χ1) is 29.6. The van der Waals surface area contributed by atoms with Crippen molar-refractivity contribution in [2.75, 3.05) is 6.54 Å². The van der Waals surface area contributed by atoms with Gasteiger partial charge in [-0.2, -0.15) is 0 Å². The first kappa shape index (κ1) is 52.5. The first-order valence-corrected chi connectivity index (χ1v) is 20.6. The molecule has 1 aliphatic heterocycles. The second kappa shape index (κ2) is 25.3. The summed E-state index contributed by atoms with van der Waals surface area (Å²) < 4.78 is 0. The molecular formula is C42H60N8O13. The molecule has 1 aliphatic rings. The predicted molar refractivity (Wildman–Crippen MR) is 225 cm³/mol. The Bertz CT molecular complexity index is 1870. The van der Waals surface area contributed by atoms with Crippen molar-refractivity contribution in [2.24, 2.45) is 11.8 Å². The summed E-state index contributed by atoms with van der Waals surface area (Å²) in [5.74, 6) is -11.2. The molecule has 0 bridgehead atoms. The summed E-state index contributed by atoms with van der Waals surface area (Å²) in [5.41, 5.74) is 0.594. The molecule has 9 N–H and O–H groups in total. The average molecular weight is 885 g/mol. The molecule has 1 aromatic carbocycles. The molecule has 0 radical (unpaired) electrons. The van der Waals surface area contributed by atoms with Crippen LogP contribution in [0.3, 0.4) is 0 Å². The van der Waals surface area contributed by atoms with Gasteiger partial charge < -0.3 is 52.3 Å². The molecule has 346 valence electrons. The molecule has 1 aromatic rings. The maximum Gasteiger partial charge on any atom is 0.319 e. The highest BCUT2D eigenvalue weighted by Crippen LogP contribution is 2.22.